The van der Waals surface area contributed by atoms with Crippen molar-refractivity contribution in [2.45, 2.75) is 5.25 Å². The number of aromatic nitrogens is 2. The number of anilines is 1. The van der Waals surface area contributed by atoms with Crippen LogP contribution in [0.15, 0.2) is 42.7 Å². The largest absolute Gasteiger partial charge is 0.493 e. The van der Waals surface area contributed by atoms with Crippen LogP contribution in [-0.2, 0) is 4.79 Å². The fourth-order valence-electron chi connectivity index (χ4n) is 3.51. The summed E-state index contributed by atoms with van der Waals surface area (Å²) in [4.78, 5) is 16.7. The molecule has 0 spiro atoms. The van der Waals surface area contributed by atoms with E-state index in [-0.39, 0.29) is 22.7 Å². The first-order chi connectivity index (χ1) is 14.6. The zero-order valence-corrected chi connectivity index (χ0v) is 17.5. The lowest BCUT2D eigenvalue weighted by Gasteiger charge is -2.22. The lowest BCUT2D eigenvalue weighted by atomic mass is 10.1. The molecule has 1 aromatic heterocycles. The third-order valence-corrected chi connectivity index (χ3v) is 6.03. The van der Waals surface area contributed by atoms with Crippen LogP contribution in [-0.4, -0.2) is 42.5 Å². The Morgan fingerprint density at radius 1 is 1.13 bits per heavy atom. The number of nitrogens with one attached hydrogen (secondary N) is 1. The molecular formula is C21H20FN3O4S. The molecule has 0 bridgehead atoms. The van der Waals surface area contributed by atoms with Crippen LogP contribution in [0, 0.1) is 5.82 Å². The first-order valence-corrected chi connectivity index (χ1v) is 10.2. The van der Waals surface area contributed by atoms with Gasteiger partial charge >= 0.3 is 0 Å². The second kappa shape index (κ2) is 8.27. The minimum absolute atomic E-state index is 0.160. The fourth-order valence-corrected chi connectivity index (χ4v) is 4.65. The molecule has 30 heavy (non-hydrogen) atoms. The maximum absolute atomic E-state index is 13.9. The molecule has 0 saturated heterocycles. The van der Waals surface area contributed by atoms with Gasteiger partial charge in [0.2, 0.25) is 11.7 Å². The molecule has 0 aliphatic carbocycles. The van der Waals surface area contributed by atoms with E-state index in [9.17, 15) is 9.18 Å². The number of rotatable bonds is 5. The number of methoxy groups -OCH3 is 3. The Kier molecular flexibility index (Phi) is 5.54. The summed E-state index contributed by atoms with van der Waals surface area (Å²) in [6.07, 6.45) is 1.58. The van der Waals surface area contributed by atoms with Crippen molar-refractivity contribution in [2.75, 3.05) is 32.4 Å². The number of imidazole rings is 1. The number of hydrogen-bond donors (Lipinski definition) is 1. The molecule has 2 heterocycles. The lowest BCUT2D eigenvalue weighted by Crippen LogP contribution is -2.12. The molecule has 3 aromatic rings. The maximum atomic E-state index is 13.9. The summed E-state index contributed by atoms with van der Waals surface area (Å²) in [6, 6.07) is 9.88. The third kappa shape index (κ3) is 3.45. The summed E-state index contributed by atoms with van der Waals surface area (Å²) in [6.45, 7) is 0. The minimum atomic E-state index is -0.361. The molecule has 4 rings (SSSR count). The maximum Gasteiger partial charge on any atom is 0.235 e. The monoisotopic (exact) mass is 429 g/mol. The van der Waals surface area contributed by atoms with Crippen LogP contribution in [0.3, 0.4) is 0 Å². The van der Waals surface area contributed by atoms with Gasteiger partial charge in [-0.25, -0.2) is 9.37 Å². The van der Waals surface area contributed by atoms with Gasteiger partial charge < -0.3 is 19.5 Å². The molecule has 9 heteroatoms. The van der Waals surface area contributed by atoms with Gasteiger partial charge in [0.1, 0.15) is 12.1 Å². The number of hydrogen-bond acceptors (Lipinski definition) is 6. The average Bonchev–Trinajstić information content (AvgIpc) is 3.08. The Balaban J connectivity index is 1.93. The van der Waals surface area contributed by atoms with Crippen LogP contribution in [0.1, 0.15) is 16.5 Å². The topological polar surface area (TPSA) is 74.6 Å². The Morgan fingerprint density at radius 3 is 2.63 bits per heavy atom. The average molecular weight is 429 g/mol. The normalized spacial score (nSPS) is 15.7. The highest BCUT2D eigenvalue weighted by Gasteiger charge is 2.32. The molecule has 1 N–H and O–H groups in total. The highest BCUT2D eigenvalue weighted by molar-refractivity contribution is 8.00. The van der Waals surface area contributed by atoms with Crippen molar-refractivity contribution in [1.82, 2.24) is 9.55 Å². The van der Waals surface area contributed by atoms with E-state index in [0.29, 0.717) is 34.4 Å². The van der Waals surface area contributed by atoms with Crippen LogP contribution >= 0.6 is 11.8 Å². The molecule has 156 valence electrons. The van der Waals surface area contributed by atoms with Gasteiger partial charge in [0.25, 0.3) is 0 Å². The summed E-state index contributed by atoms with van der Waals surface area (Å²) in [5.74, 6) is 1.62. The summed E-state index contributed by atoms with van der Waals surface area (Å²) < 4.78 is 32.3. The lowest BCUT2D eigenvalue weighted by molar-refractivity contribution is -0.113. The Bertz CT molecular complexity index is 1100. The molecule has 7 nitrogen and oxygen atoms in total. The van der Waals surface area contributed by atoms with Crippen molar-refractivity contribution in [3.05, 3.63) is 59.8 Å². The van der Waals surface area contributed by atoms with Gasteiger partial charge in [-0.15, -0.1) is 11.8 Å². The zero-order valence-electron chi connectivity index (χ0n) is 16.6. The molecule has 1 aliphatic heterocycles. The summed E-state index contributed by atoms with van der Waals surface area (Å²) in [5.41, 5.74) is 2.10. The van der Waals surface area contributed by atoms with Crippen LogP contribution in [0.4, 0.5) is 10.2 Å². The fraction of sp³-hybridized carbons (Fsp3) is 0.238. The minimum Gasteiger partial charge on any atom is -0.493 e. The van der Waals surface area contributed by atoms with Crippen molar-refractivity contribution in [2.24, 2.45) is 0 Å². The standard InChI is InChI=1S/C21H20FN3O4S/c1-27-15-8-7-14(18(28-2)19(15)29-3)20-17-21(24-16(26)10-30-20)23-11-25(17)13-6-4-5-12(22)9-13/h4-9,11,20H,10H2,1-3H3,(H,24,26)/t20-/m1/s1. The molecule has 1 atom stereocenters. The molecule has 0 saturated carbocycles. The Labute approximate surface area is 177 Å². The van der Waals surface area contributed by atoms with Gasteiger partial charge in [0, 0.05) is 11.3 Å². The summed E-state index contributed by atoms with van der Waals surface area (Å²) >= 11 is 1.42. The molecule has 2 aromatic carbocycles. The number of nitrogens with zero attached hydrogens (tertiary/aromatic N) is 2. The third-order valence-electron chi connectivity index (χ3n) is 4.80. The van der Waals surface area contributed by atoms with E-state index >= 15 is 0 Å². The van der Waals surface area contributed by atoms with Gasteiger partial charge in [-0.3, -0.25) is 9.36 Å². The Morgan fingerprint density at radius 2 is 1.93 bits per heavy atom. The van der Waals surface area contributed by atoms with Crippen LogP contribution < -0.4 is 19.5 Å². The van der Waals surface area contributed by atoms with Crippen molar-refractivity contribution in [3.8, 4) is 22.9 Å². The van der Waals surface area contributed by atoms with Gasteiger partial charge in [0.15, 0.2) is 17.3 Å². The van der Waals surface area contributed by atoms with E-state index in [1.54, 1.807) is 43.3 Å². The number of thioether (sulfide) groups is 1. The molecular weight excluding hydrogens is 409 g/mol. The van der Waals surface area contributed by atoms with E-state index in [2.05, 4.69) is 10.3 Å². The first kappa shape index (κ1) is 20.1. The zero-order chi connectivity index (χ0) is 21.3. The summed E-state index contributed by atoms with van der Waals surface area (Å²) in [7, 11) is 4.64. The van der Waals surface area contributed by atoms with Crippen LogP contribution in [0.2, 0.25) is 0 Å². The van der Waals surface area contributed by atoms with E-state index < -0.39 is 0 Å². The van der Waals surface area contributed by atoms with E-state index in [4.69, 9.17) is 14.2 Å². The smallest absolute Gasteiger partial charge is 0.235 e. The number of ether oxygens (including phenoxy) is 3. The van der Waals surface area contributed by atoms with Gasteiger partial charge in [-0.05, 0) is 30.3 Å². The van der Waals surface area contributed by atoms with Crippen molar-refractivity contribution in [1.29, 1.82) is 0 Å². The number of benzene rings is 2. The van der Waals surface area contributed by atoms with Crippen LogP contribution in [0.25, 0.3) is 5.69 Å². The number of carbonyl (C=O) groups is 1. The summed E-state index contributed by atoms with van der Waals surface area (Å²) in [5, 5.41) is 2.50. The molecule has 1 aliphatic rings. The number of fused-ring (bicyclic) bond motifs is 1. The Hall–Kier alpha value is -3.20. The van der Waals surface area contributed by atoms with E-state index in [1.807, 2.05) is 6.07 Å². The second-order valence-electron chi connectivity index (χ2n) is 6.49. The highest BCUT2D eigenvalue weighted by atomic mass is 32.2. The predicted octanol–water partition coefficient (Wildman–Crippen LogP) is 3.81. The highest BCUT2D eigenvalue weighted by Crippen LogP contribution is 2.50. The van der Waals surface area contributed by atoms with Crippen molar-refractivity contribution in [3.63, 3.8) is 0 Å². The predicted molar refractivity (Wildman–Crippen MR) is 113 cm³/mol. The quantitative estimate of drug-likeness (QED) is 0.665. The van der Waals surface area contributed by atoms with Gasteiger partial charge in [-0.2, -0.15) is 0 Å². The second-order valence-corrected chi connectivity index (χ2v) is 7.58. The molecule has 0 unspecified atom stereocenters. The molecule has 0 radical (unpaired) electrons. The van der Waals surface area contributed by atoms with Gasteiger partial charge in [-0.1, -0.05) is 6.07 Å². The van der Waals surface area contributed by atoms with Crippen molar-refractivity contribution >= 4 is 23.5 Å². The first-order valence-electron chi connectivity index (χ1n) is 9.10. The number of carbonyl (C=O) groups excluding carboxylic acids is 1. The van der Waals surface area contributed by atoms with E-state index in [0.717, 1.165) is 5.56 Å². The molecule has 0 fully saturated rings. The number of amides is 1. The molecule has 1 amide bonds. The van der Waals surface area contributed by atoms with E-state index in [1.165, 1.54) is 31.0 Å². The van der Waals surface area contributed by atoms with Gasteiger partial charge in [0.05, 0.1) is 38.0 Å². The van der Waals surface area contributed by atoms with Crippen molar-refractivity contribution < 1.29 is 23.4 Å². The SMILES string of the molecule is COc1ccc([C@H]2SCC(=O)Nc3ncn(-c4cccc(F)c4)c32)c(OC)c1OC. The number of halogens is 1. The van der Waals surface area contributed by atoms with Crippen LogP contribution in [0.5, 0.6) is 17.2 Å².